The molecule has 51 heavy (non-hydrogen) atoms. The lowest BCUT2D eigenvalue weighted by Crippen LogP contribution is -2.55. The molecule has 0 radical (unpaired) electrons. The van der Waals surface area contributed by atoms with E-state index in [9.17, 15) is 19.2 Å². The molecule has 3 aromatic rings. The third-order valence-electron chi connectivity index (χ3n) is 9.56. The molecule has 0 unspecified atom stereocenters. The molecule has 0 spiro atoms. The van der Waals surface area contributed by atoms with Crippen LogP contribution in [0.4, 0.5) is 18.9 Å². The second-order valence-corrected chi connectivity index (χ2v) is 13.8. The number of anilines is 1. The third kappa shape index (κ3) is 8.89. The van der Waals surface area contributed by atoms with E-state index in [0.29, 0.717) is 44.6 Å². The standard InChI is InChI=1S/C35H39F3N8O4S/c1-21(29(42-31(47)28-20-40-44-51-28)33(49)46-15-13-45(2)14-16-46)24-11-12-27(26(36)18-24)41-32(48)30(23-8-4-3-5-9-23)43-34(50)35(37,38)25-10-6-7-22(17-25)19-39/h6-7,10-12,17-18,20-21,23,29-30H,3-5,8-9,13-16H2,1-2H3,(H,41,48)(H,42,47)(H,43,50)/t21-,29+,30-/m0/s1. The minimum absolute atomic E-state index is 0.0516. The number of amides is 4. The van der Waals surface area contributed by atoms with Gasteiger partial charge >= 0.3 is 5.92 Å². The van der Waals surface area contributed by atoms with Crippen molar-refractivity contribution < 1.29 is 32.3 Å². The van der Waals surface area contributed by atoms with Gasteiger partial charge in [0.05, 0.1) is 23.5 Å². The molecule has 1 saturated heterocycles. The Bertz CT molecular complexity index is 1770. The first-order chi connectivity index (χ1) is 24.4. The normalized spacial score (nSPS) is 17.5. The highest BCUT2D eigenvalue weighted by Gasteiger charge is 2.44. The second kappa shape index (κ2) is 16.4. The first-order valence-electron chi connectivity index (χ1n) is 16.7. The number of rotatable bonds is 11. The summed E-state index contributed by atoms with van der Waals surface area (Å²) >= 11 is 0.871. The number of carbonyl (C=O) groups is 4. The monoisotopic (exact) mass is 724 g/mol. The smallest absolute Gasteiger partial charge is 0.339 e. The SMILES string of the molecule is C[C@@H](c1ccc(NC(=O)[C@@H](NC(=O)C(F)(F)c2cccc(C#N)c2)C2CCCCC2)c(F)c1)[C@@H](NC(=O)c1cnns1)C(=O)N1CCN(C)CC1. The molecule has 270 valence electrons. The van der Waals surface area contributed by atoms with E-state index in [2.05, 4.69) is 30.4 Å². The van der Waals surface area contributed by atoms with Crippen molar-refractivity contribution in [3.63, 3.8) is 0 Å². The van der Waals surface area contributed by atoms with Crippen LogP contribution in [-0.2, 0) is 20.3 Å². The Balaban J connectivity index is 1.34. The molecule has 0 bridgehead atoms. The van der Waals surface area contributed by atoms with Gasteiger partial charge < -0.3 is 25.8 Å². The average Bonchev–Trinajstić information content (AvgIpc) is 3.69. The van der Waals surface area contributed by atoms with Crippen LogP contribution in [0.3, 0.4) is 0 Å². The van der Waals surface area contributed by atoms with Gasteiger partial charge in [-0.15, -0.1) is 5.10 Å². The third-order valence-corrected chi connectivity index (χ3v) is 10.2. The van der Waals surface area contributed by atoms with Crippen LogP contribution in [0.1, 0.15) is 71.3 Å². The molecule has 1 saturated carbocycles. The Morgan fingerprint density at radius 1 is 1.02 bits per heavy atom. The Labute approximate surface area is 297 Å². The van der Waals surface area contributed by atoms with Crippen molar-refractivity contribution in [1.29, 1.82) is 5.26 Å². The summed E-state index contributed by atoms with van der Waals surface area (Å²) in [5, 5.41) is 20.3. The fourth-order valence-electron chi connectivity index (χ4n) is 6.43. The minimum atomic E-state index is -4.05. The predicted octanol–water partition coefficient (Wildman–Crippen LogP) is 4.02. The Hall–Kier alpha value is -4.88. The van der Waals surface area contributed by atoms with Crippen LogP contribution in [0.25, 0.3) is 0 Å². The lowest BCUT2D eigenvalue weighted by molar-refractivity contribution is -0.149. The molecule has 5 rings (SSSR count). The van der Waals surface area contributed by atoms with Gasteiger partial charge in [0.1, 0.15) is 22.8 Å². The molecular weight excluding hydrogens is 685 g/mol. The molecule has 2 aliphatic rings. The number of hydrogen-bond donors (Lipinski definition) is 3. The van der Waals surface area contributed by atoms with Crippen molar-refractivity contribution >= 4 is 40.8 Å². The minimum Gasteiger partial charge on any atom is -0.339 e. The molecule has 1 aliphatic heterocycles. The van der Waals surface area contributed by atoms with Crippen molar-refractivity contribution in [3.8, 4) is 6.07 Å². The van der Waals surface area contributed by atoms with Crippen molar-refractivity contribution in [2.75, 3.05) is 38.5 Å². The second-order valence-electron chi connectivity index (χ2n) is 13.0. The number of hydrogen-bond acceptors (Lipinski definition) is 9. The van der Waals surface area contributed by atoms with Crippen LogP contribution in [-0.4, -0.2) is 88.3 Å². The van der Waals surface area contributed by atoms with E-state index in [1.165, 1.54) is 30.5 Å². The maximum Gasteiger partial charge on any atom is 0.349 e. The van der Waals surface area contributed by atoms with Crippen LogP contribution in [0, 0.1) is 23.1 Å². The number of aromatic nitrogens is 2. The number of piperazine rings is 1. The number of alkyl halides is 2. The van der Waals surface area contributed by atoms with E-state index in [1.807, 2.05) is 7.05 Å². The molecule has 2 heterocycles. The fourth-order valence-corrected chi connectivity index (χ4v) is 6.85. The first kappa shape index (κ1) is 37.4. The van der Waals surface area contributed by atoms with Gasteiger partial charge in [0.25, 0.3) is 11.8 Å². The van der Waals surface area contributed by atoms with Crippen molar-refractivity contribution in [1.82, 2.24) is 30.0 Å². The van der Waals surface area contributed by atoms with Crippen molar-refractivity contribution in [2.45, 2.75) is 63.0 Å². The van der Waals surface area contributed by atoms with Gasteiger partial charge in [-0.2, -0.15) is 14.0 Å². The van der Waals surface area contributed by atoms with E-state index in [0.717, 1.165) is 49.0 Å². The van der Waals surface area contributed by atoms with E-state index >= 15 is 13.2 Å². The fraction of sp³-hybridized carbons (Fsp3) is 0.457. The molecule has 1 aliphatic carbocycles. The topological polar surface area (TPSA) is 160 Å². The van der Waals surface area contributed by atoms with Crippen LogP contribution < -0.4 is 16.0 Å². The molecular formula is C35H39F3N8O4S. The average molecular weight is 725 g/mol. The molecule has 1 aromatic heterocycles. The zero-order valence-corrected chi connectivity index (χ0v) is 29.0. The van der Waals surface area contributed by atoms with Crippen LogP contribution in [0.5, 0.6) is 0 Å². The summed E-state index contributed by atoms with van der Waals surface area (Å²) in [6, 6.07) is 7.79. The van der Waals surface area contributed by atoms with Gasteiger partial charge in [0.15, 0.2) is 0 Å². The van der Waals surface area contributed by atoms with Gasteiger partial charge in [-0.1, -0.05) is 48.9 Å². The number of nitriles is 1. The lowest BCUT2D eigenvalue weighted by atomic mass is 9.83. The van der Waals surface area contributed by atoms with E-state index in [-0.39, 0.29) is 22.0 Å². The molecule has 2 aromatic carbocycles. The molecule has 12 nitrogen and oxygen atoms in total. The summed E-state index contributed by atoms with van der Waals surface area (Å²) in [4.78, 5) is 57.3. The van der Waals surface area contributed by atoms with Crippen LogP contribution in [0.15, 0.2) is 48.7 Å². The summed E-state index contributed by atoms with van der Waals surface area (Å²) in [7, 11) is 1.95. The molecule has 4 amide bonds. The Morgan fingerprint density at radius 2 is 1.75 bits per heavy atom. The highest BCUT2D eigenvalue weighted by molar-refractivity contribution is 7.07. The predicted molar refractivity (Wildman–Crippen MR) is 182 cm³/mol. The lowest BCUT2D eigenvalue weighted by Gasteiger charge is -2.36. The summed E-state index contributed by atoms with van der Waals surface area (Å²) in [6.45, 7) is 3.88. The van der Waals surface area contributed by atoms with Crippen LogP contribution >= 0.6 is 11.5 Å². The first-order valence-corrected chi connectivity index (χ1v) is 17.5. The number of benzene rings is 2. The quantitative estimate of drug-likeness (QED) is 0.268. The molecule has 3 atom stereocenters. The van der Waals surface area contributed by atoms with Gasteiger partial charge in [0, 0.05) is 37.7 Å². The van der Waals surface area contributed by atoms with Gasteiger partial charge in [-0.25, -0.2) is 4.39 Å². The number of carbonyl (C=O) groups excluding carboxylic acids is 4. The molecule has 16 heteroatoms. The Morgan fingerprint density at radius 3 is 2.39 bits per heavy atom. The largest absolute Gasteiger partial charge is 0.349 e. The Kier molecular flexibility index (Phi) is 12.0. The van der Waals surface area contributed by atoms with Crippen molar-refractivity contribution in [2.24, 2.45) is 5.92 Å². The highest BCUT2D eigenvalue weighted by Crippen LogP contribution is 2.32. The van der Waals surface area contributed by atoms with Gasteiger partial charge in [-0.3, -0.25) is 19.2 Å². The summed E-state index contributed by atoms with van der Waals surface area (Å²) < 4.78 is 50.0. The number of halogens is 3. The number of nitrogens with one attached hydrogen (secondary N) is 3. The summed E-state index contributed by atoms with van der Waals surface area (Å²) in [5.41, 5.74) is -0.635. The zero-order valence-electron chi connectivity index (χ0n) is 28.2. The van der Waals surface area contributed by atoms with E-state index < -0.39 is 58.9 Å². The number of likely N-dealkylation sites (N-methyl/N-ethyl adjacent to an activating group) is 1. The van der Waals surface area contributed by atoms with E-state index in [1.54, 1.807) is 17.9 Å². The summed E-state index contributed by atoms with van der Waals surface area (Å²) in [5.74, 6) is -9.53. The maximum absolute atomic E-state index is 15.7. The zero-order chi connectivity index (χ0) is 36.7. The maximum atomic E-state index is 15.7. The van der Waals surface area contributed by atoms with Gasteiger partial charge in [-0.05, 0) is 67.2 Å². The molecule has 2 fully saturated rings. The van der Waals surface area contributed by atoms with E-state index in [4.69, 9.17) is 5.26 Å². The number of nitrogens with zero attached hydrogens (tertiary/aromatic N) is 5. The van der Waals surface area contributed by atoms with Crippen LogP contribution in [0.2, 0.25) is 0 Å². The summed E-state index contributed by atoms with van der Waals surface area (Å²) in [6.07, 6.45) is 4.64. The molecule has 3 N–H and O–H groups in total. The van der Waals surface area contributed by atoms with Gasteiger partial charge in [0.2, 0.25) is 11.8 Å². The van der Waals surface area contributed by atoms with Crippen molar-refractivity contribution in [3.05, 3.63) is 76.0 Å². The highest BCUT2D eigenvalue weighted by atomic mass is 32.1.